The minimum Gasteiger partial charge on any atom is -0.450 e. The van der Waals surface area contributed by atoms with Crippen LogP contribution in [-0.4, -0.2) is 42.9 Å². The van der Waals surface area contributed by atoms with E-state index in [1.54, 1.807) is 24.8 Å². The number of hydrogen-bond acceptors (Lipinski definition) is 6. The Morgan fingerprint density at radius 2 is 2.08 bits per heavy atom. The number of hydrogen-bond donors (Lipinski definition) is 0. The molecule has 9 heteroatoms. The van der Waals surface area contributed by atoms with Crippen molar-refractivity contribution in [2.75, 3.05) is 24.7 Å². The number of rotatable bonds is 4. The molecule has 2 aliphatic heterocycles. The van der Waals surface area contributed by atoms with Gasteiger partial charge in [-0.2, -0.15) is 0 Å². The molecule has 0 aliphatic carbocycles. The maximum Gasteiger partial charge on any atom is 0.434 e. The lowest BCUT2D eigenvalue weighted by molar-refractivity contribution is -0.149. The topological polar surface area (TPSA) is 80.7 Å². The van der Waals surface area contributed by atoms with Crippen LogP contribution in [0.3, 0.4) is 0 Å². The number of benzene rings is 1. The summed E-state index contributed by atoms with van der Waals surface area (Å²) in [6.07, 6.45) is -0.173. The van der Waals surface area contributed by atoms with E-state index in [2.05, 4.69) is 21.0 Å². The van der Waals surface area contributed by atoms with Gasteiger partial charge >= 0.3 is 17.9 Å². The minimum atomic E-state index is -1.76. The number of fused-ring (bicyclic) bond motifs is 2. The molecule has 0 bridgehead atoms. The maximum atomic E-state index is 13.4. The Hall–Kier alpha value is -2.29. The number of carbonyl (C=O) groups excluding carboxylic acids is 2. The number of ether oxygens (including phenoxy) is 3. The van der Waals surface area contributed by atoms with Crippen LogP contribution in [0.5, 0.6) is 0 Å². The van der Waals surface area contributed by atoms with E-state index >= 15 is 0 Å². The van der Waals surface area contributed by atoms with Crippen molar-refractivity contribution in [3.8, 4) is 0 Å². The Labute approximate surface area is 159 Å². The summed E-state index contributed by atoms with van der Waals surface area (Å²) >= 11 is 3.42. The van der Waals surface area contributed by atoms with Crippen LogP contribution in [0.2, 0.25) is 0 Å². The minimum absolute atomic E-state index is 0.141. The summed E-state index contributed by atoms with van der Waals surface area (Å²) in [4.78, 5) is 27.5. The highest BCUT2D eigenvalue weighted by Crippen LogP contribution is 2.49. The number of anilines is 1. The predicted molar refractivity (Wildman–Crippen MR) is 97.5 cm³/mol. The van der Waals surface area contributed by atoms with Gasteiger partial charge in [0.2, 0.25) is 0 Å². The van der Waals surface area contributed by atoms with Gasteiger partial charge in [0.05, 0.1) is 24.5 Å². The molecule has 0 N–H and O–H groups in total. The van der Waals surface area contributed by atoms with Crippen LogP contribution in [-0.2, 0) is 24.7 Å². The molecule has 3 rings (SSSR count). The van der Waals surface area contributed by atoms with Gasteiger partial charge in [0.25, 0.3) is 5.91 Å². The van der Waals surface area contributed by atoms with E-state index in [1.165, 1.54) is 0 Å². The Morgan fingerprint density at radius 1 is 1.31 bits per heavy atom. The SMILES string of the molecule is CCCN1C(=O)C2(OC(OCC)=NN2C(=O)OCC)c2cc(Br)ccc21. The second-order valence-electron chi connectivity index (χ2n) is 5.67. The first kappa shape index (κ1) is 18.5. The van der Waals surface area contributed by atoms with Crippen molar-refractivity contribution >= 4 is 39.7 Å². The summed E-state index contributed by atoms with van der Waals surface area (Å²) < 4.78 is 17.0. The molecule has 1 spiro atoms. The highest BCUT2D eigenvalue weighted by atomic mass is 79.9. The smallest absolute Gasteiger partial charge is 0.434 e. The van der Waals surface area contributed by atoms with Gasteiger partial charge < -0.3 is 19.1 Å². The molecule has 8 nitrogen and oxygen atoms in total. The van der Waals surface area contributed by atoms with E-state index < -0.39 is 17.7 Å². The lowest BCUT2D eigenvalue weighted by Crippen LogP contribution is -2.52. The Kier molecular flexibility index (Phi) is 5.08. The third-order valence-corrected chi connectivity index (χ3v) is 4.51. The summed E-state index contributed by atoms with van der Waals surface area (Å²) in [5.74, 6) is -0.404. The van der Waals surface area contributed by atoms with Gasteiger partial charge in [0.1, 0.15) is 0 Å². The average molecular weight is 426 g/mol. The van der Waals surface area contributed by atoms with Gasteiger partial charge in [0.15, 0.2) is 0 Å². The summed E-state index contributed by atoms with van der Waals surface area (Å²) in [5.41, 5.74) is -0.579. The molecule has 0 saturated heterocycles. The first-order valence-corrected chi connectivity index (χ1v) is 9.28. The highest BCUT2D eigenvalue weighted by Gasteiger charge is 2.64. The van der Waals surface area contributed by atoms with Crippen molar-refractivity contribution in [1.29, 1.82) is 0 Å². The van der Waals surface area contributed by atoms with Crippen molar-refractivity contribution < 1.29 is 23.8 Å². The monoisotopic (exact) mass is 425 g/mol. The van der Waals surface area contributed by atoms with Crippen LogP contribution in [0.4, 0.5) is 10.5 Å². The van der Waals surface area contributed by atoms with E-state index in [1.807, 2.05) is 19.1 Å². The highest BCUT2D eigenvalue weighted by molar-refractivity contribution is 9.10. The fourth-order valence-electron chi connectivity index (χ4n) is 3.05. The van der Waals surface area contributed by atoms with Crippen molar-refractivity contribution in [3.05, 3.63) is 28.2 Å². The van der Waals surface area contributed by atoms with Crippen LogP contribution in [0.15, 0.2) is 27.8 Å². The zero-order valence-electron chi connectivity index (χ0n) is 14.8. The standard InChI is InChI=1S/C17H20BrN3O5/c1-4-9-20-13-8-7-11(18)10-12(13)17(14(20)22)21(16(23)25-6-3)19-15(26-17)24-5-2/h7-8,10H,4-6,9H2,1-3H3. The van der Waals surface area contributed by atoms with Crippen LogP contribution in [0.1, 0.15) is 32.8 Å². The van der Waals surface area contributed by atoms with Gasteiger partial charge in [-0.1, -0.05) is 28.0 Å². The quantitative estimate of drug-likeness (QED) is 0.739. The Balaban J connectivity index is 2.15. The molecule has 0 saturated carbocycles. The molecule has 1 atom stereocenters. The molecule has 2 aliphatic rings. The van der Waals surface area contributed by atoms with E-state index in [9.17, 15) is 9.59 Å². The molecule has 2 amide bonds. The molecular weight excluding hydrogens is 406 g/mol. The number of amides is 2. The predicted octanol–water partition coefficient (Wildman–Crippen LogP) is 3.15. The molecule has 0 fully saturated rings. The lowest BCUT2D eigenvalue weighted by Gasteiger charge is -2.28. The first-order valence-electron chi connectivity index (χ1n) is 8.48. The number of hydrazone groups is 1. The summed E-state index contributed by atoms with van der Waals surface area (Å²) in [6, 6.07) is 5.40. The number of carbonyl (C=O) groups is 2. The van der Waals surface area contributed by atoms with Crippen molar-refractivity contribution in [2.24, 2.45) is 5.10 Å². The van der Waals surface area contributed by atoms with Crippen LogP contribution >= 0.6 is 15.9 Å². The molecule has 1 aromatic carbocycles. The number of nitrogens with zero attached hydrogens (tertiary/aromatic N) is 3. The third-order valence-electron chi connectivity index (χ3n) is 4.02. The zero-order valence-corrected chi connectivity index (χ0v) is 16.4. The van der Waals surface area contributed by atoms with Crippen molar-refractivity contribution in [2.45, 2.75) is 32.9 Å². The van der Waals surface area contributed by atoms with E-state index in [-0.39, 0.29) is 19.3 Å². The van der Waals surface area contributed by atoms with Gasteiger partial charge in [-0.3, -0.25) is 4.79 Å². The largest absolute Gasteiger partial charge is 0.450 e. The van der Waals surface area contributed by atoms with Crippen LogP contribution in [0, 0.1) is 0 Å². The van der Waals surface area contributed by atoms with Crippen molar-refractivity contribution in [3.63, 3.8) is 0 Å². The van der Waals surface area contributed by atoms with Crippen LogP contribution < -0.4 is 4.90 Å². The Morgan fingerprint density at radius 3 is 2.73 bits per heavy atom. The molecule has 140 valence electrons. The summed E-state index contributed by atoms with van der Waals surface area (Å²) in [5, 5.41) is 5.01. The van der Waals surface area contributed by atoms with Gasteiger partial charge in [0, 0.05) is 11.0 Å². The lowest BCUT2D eigenvalue weighted by atomic mass is 10.0. The molecule has 0 aromatic heterocycles. The molecule has 0 radical (unpaired) electrons. The van der Waals surface area contributed by atoms with Crippen molar-refractivity contribution in [1.82, 2.24) is 5.01 Å². The van der Waals surface area contributed by atoms with Crippen LogP contribution in [0.25, 0.3) is 0 Å². The maximum absolute atomic E-state index is 13.4. The van der Waals surface area contributed by atoms with E-state index in [4.69, 9.17) is 14.2 Å². The molecular formula is C17H20BrN3O5. The fraction of sp³-hybridized carbons (Fsp3) is 0.471. The Bertz CT molecular complexity index is 769. The van der Waals surface area contributed by atoms with E-state index in [0.717, 1.165) is 15.9 Å². The summed E-state index contributed by atoms with van der Waals surface area (Å²) in [7, 11) is 0. The second kappa shape index (κ2) is 7.14. The number of halogens is 1. The van der Waals surface area contributed by atoms with Gasteiger partial charge in [-0.05, 0) is 38.5 Å². The second-order valence-corrected chi connectivity index (χ2v) is 6.59. The van der Waals surface area contributed by atoms with Gasteiger partial charge in [-0.15, -0.1) is 5.01 Å². The molecule has 1 unspecified atom stereocenters. The fourth-order valence-corrected chi connectivity index (χ4v) is 3.41. The molecule has 1 aromatic rings. The molecule has 2 heterocycles. The first-order chi connectivity index (χ1) is 12.5. The normalized spacial score (nSPS) is 20.9. The third kappa shape index (κ3) is 2.70. The summed E-state index contributed by atoms with van der Waals surface area (Å²) in [6.45, 7) is 6.32. The van der Waals surface area contributed by atoms with E-state index in [0.29, 0.717) is 17.8 Å². The molecule has 26 heavy (non-hydrogen) atoms. The van der Waals surface area contributed by atoms with Gasteiger partial charge in [-0.25, -0.2) is 4.79 Å². The zero-order chi connectivity index (χ0) is 18.9. The average Bonchev–Trinajstić information content (AvgIpc) is 3.09.